The minimum Gasteiger partial charge on any atom is -0.493 e. The Morgan fingerprint density at radius 1 is 0.482 bits per heavy atom. The average Bonchev–Trinajstić information content (AvgIpc) is 3.00. The van der Waals surface area contributed by atoms with E-state index in [1.807, 2.05) is 0 Å². The zero-order chi connectivity index (χ0) is 43.4. The van der Waals surface area contributed by atoms with Crippen LogP contribution in [0.15, 0.2) is 36.4 Å². The molecule has 0 fully saturated rings. The number of rotatable bonds is 9. The van der Waals surface area contributed by atoms with Crippen LogP contribution in [0.2, 0.25) is 0 Å². The summed E-state index contributed by atoms with van der Waals surface area (Å²) in [4.78, 5) is 0. The van der Waals surface area contributed by atoms with Crippen molar-refractivity contribution in [2.24, 2.45) is 0 Å². The van der Waals surface area contributed by atoms with Gasteiger partial charge in [-0.05, 0) is 98.8 Å². The molecule has 0 saturated carbocycles. The van der Waals surface area contributed by atoms with Crippen LogP contribution in [0, 0.1) is 0 Å². The molecule has 0 bridgehead atoms. The number of aliphatic hydroxyl groups is 1. The summed E-state index contributed by atoms with van der Waals surface area (Å²) in [6.07, 6.45) is -0.707. The molecule has 3 aromatic carbocycles. The molecule has 3 rings (SSSR count). The first-order chi connectivity index (χ1) is 25.1. The number of ether oxygens (including phenoxy) is 4. The van der Waals surface area contributed by atoms with E-state index in [1.54, 1.807) is 14.2 Å². The normalized spacial score (nSPS) is 14.7. The minimum atomic E-state index is -0.707. The van der Waals surface area contributed by atoms with Gasteiger partial charge in [-0.15, -0.1) is 0 Å². The Balaban J connectivity index is 2.71. The summed E-state index contributed by atoms with van der Waals surface area (Å²) in [6, 6.07) is 13.6. The molecule has 0 aromatic heterocycles. The van der Waals surface area contributed by atoms with Gasteiger partial charge in [0.15, 0.2) is 23.0 Å². The minimum absolute atomic E-state index is 0.111. The van der Waals surface area contributed by atoms with Gasteiger partial charge in [-0.25, -0.2) is 0 Å². The van der Waals surface area contributed by atoms with Gasteiger partial charge in [-0.1, -0.05) is 149 Å². The second-order valence-electron chi connectivity index (χ2n) is 23.2. The van der Waals surface area contributed by atoms with Crippen LogP contribution < -0.4 is 18.9 Å². The molecule has 314 valence electrons. The summed E-state index contributed by atoms with van der Waals surface area (Å²) >= 11 is 0. The summed E-state index contributed by atoms with van der Waals surface area (Å²) in [7, 11) is 3.42. The molecule has 0 aliphatic rings. The van der Waals surface area contributed by atoms with Crippen molar-refractivity contribution in [2.75, 3.05) is 20.8 Å². The largest absolute Gasteiger partial charge is 0.493 e. The fourth-order valence-corrected chi connectivity index (χ4v) is 7.52. The highest BCUT2D eigenvalue weighted by molar-refractivity contribution is 5.59. The molecule has 3 aromatic rings. The number of benzene rings is 3. The lowest BCUT2D eigenvalue weighted by atomic mass is 9.67. The Morgan fingerprint density at radius 3 is 1.30 bits per heavy atom. The van der Waals surface area contributed by atoms with E-state index in [2.05, 4.69) is 182 Å². The van der Waals surface area contributed by atoms with Crippen LogP contribution in [0.5, 0.6) is 23.0 Å². The molecule has 0 radical (unpaired) electrons. The van der Waals surface area contributed by atoms with Crippen LogP contribution in [0.4, 0.5) is 0 Å². The Hall–Kier alpha value is -3.18. The molecule has 5 heteroatoms. The average molecular weight is 773 g/mol. The molecule has 2 unspecified atom stereocenters. The molecule has 2 atom stereocenters. The fourth-order valence-electron chi connectivity index (χ4n) is 7.52. The molecule has 0 saturated heterocycles. The third kappa shape index (κ3) is 10.9. The Labute approximate surface area is 343 Å². The monoisotopic (exact) mass is 773 g/mol. The number of aliphatic hydroxyl groups excluding tert-OH is 1. The van der Waals surface area contributed by atoms with Crippen LogP contribution in [-0.4, -0.2) is 37.6 Å². The van der Waals surface area contributed by atoms with E-state index in [-0.39, 0.29) is 39.1 Å². The molecular weight excluding hydrogens is 693 g/mol. The number of hydrogen-bond donors (Lipinski definition) is 1. The predicted molar refractivity (Wildman–Crippen MR) is 238 cm³/mol. The third-order valence-corrected chi connectivity index (χ3v) is 10.6. The van der Waals surface area contributed by atoms with Crippen molar-refractivity contribution in [2.45, 2.75) is 196 Å². The SMILES string of the molecule is COc1cc(C(C)(C)C)cc(C(C)(C)C)c1OC(CO)C(c1cc(OC)c(OC(C)(C)C)c(C(C)(C)C)c1)c1cc(C(C)(C)C)cc(C(C)(C)C)c1C(C)(C)C. The summed E-state index contributed by atoms with van der Waals surface area (Å²) < 4.78 is 26.5. The molecule has 56 heavy (non-hydrogen) atoms. The first-order valence-electron chi connectivity index (χ1n) is 20.7. The standard InChI is InChI=1S/C51H80O5/c1-45(2,3)32-26-34(42(50(16,17)18)35(27-32)47(7,8)9)41(31-24-36(48(10,11)12)44(38(25-31)53-22)56-51(19,20)21)40(30-52)55-43-37(49(13,14)15)28-33(46(4,5)6)29-39(43)54-23/h24-29,40-41,52H,30H2,1-23H3. The molecule has 0 heterocycles. The Morgan fingerprint density at radius 2 is 0.911 bits per heavy atom. The van der Waals surface area contributed by atoms with Gasteiger partial charge < -0.3 is 24.1 Å². The van der Waals surface area contributed by atoms with E-state index in [1.165, 1.54) is 22.3 Å². The molecule has 0 aliphatic heterocycles. The summed E-state index contributed by atoms with van der Waals surface area (Å²) in [6.45, 7) is 46.6. The van der Waals surface area contributed by atoms with Gasteiger partial charge in [0.05, 0.1) is 20.8 Å². The Kier molecular flexibility index (Phi) is 13.4. The molecule has 1 N–H and O–H groups in total. The van der Waals surface area contributed by atoms with Crippen LogP contribution in [0.3, 0.4) is 0 Å². The van der Waals surface area contributed by atoms with Crippen molar-refractivity contribution in [3.8, 4) is 23.0 Å². The van der Waals surface area contributed by atoms with E-state index < -0.39 is 17.6 Å². The topological polar surface area (TPSA) is 57.2 Å². The van der Waals surface area contributed by atoms with Crippen molar-refractivity contribution in [1.82, 2.24) is 0 Å². The lowest BCUT2D eigenvalue weighted by Crippen LogP contribution is -2.35. The summed E-state index contributed by atoms with van der Waals surface area (Å²) in [5.41, 5.74) is 7.48. The van der Waals surface area contributed by atoms with Gasteiger partial charge in [0.2, 0.25) is 0 Å². The van der Waals surface area contributed by atoms with E-state index in [0.29, 0.717) is 17.2 Å². The lowest BCUT2D eigenvalue weighted by Gasteiger charge is -2.40. The fraction of sp³-hybridized carbons (Fsp3) is 0.647. The maximum atomic E-state index is 11.8. The highest BCUT2D eigenvalue weighted by Crippen LogP contribution is 2.50. The summed E-state index contributed by atoms with van der Waals surface area (Å²) in [5, 5.41) is 11.8. The van der Waals surface area contributed by atoms with E-state index in [0.717, 1.165) is 28.0 Å². The van der Waals surface area contributed by atoms with Crippen LogP contribution in [-0.2, 0) is 32.5 Å². The molecule has 0 spiro atoms. The first kappa shape index (κ1) is 47.2. The maximum Gasteiger partial charge on any atom is 0.165 e. The van der Waals surface area contributed by atoms with Crippen LogP contribution in [0.25, 0.3) is 0 Å². The molecular formula is C51H80O5. The molecule has 5 nitrogen and oxygen atoms in total. The van der Waals surface area contributed by atoms with Crippen molar-refractivity contribution < 1.29 is 24.1 Å². The van der Waals surface area contributed by atoms with Gasteiger partial charge in [0.25, 0.3) is 0 Å². The van der Waals surface area contributed by atoms with Crippen LogP contribution in [0.1, 0.15) is 196 Å². The van der Waals surface area contributed by atoms with Crippen molar-refractivity contribution in [1.29, 1.82) is 0 Å². The van der Waals surface area contributed by atoms with Gasteiger partial charge in [0.1, 0.15) is 11.7 Å². The zero-order valence-electron chi connectivity index (χ0n) is 39.9. The van der Waals surface area contributed by atoms with E-state index in [9.17, 15) is 5.11 Å². The highest BCUT2D eigenvalue weighted by atomic mass is 16.5. The van der Waals surface area contributed by atoms with E-state index >= 15 is 0 Å². The first-order valence-corrected chi connectivity index (χ1v) is 20.7. The van der Waals surface area contributed by atoms with Gasteiger partial charge in [0, 0.05) is 17.0 Å². The van der Waals surface area contributed by atoms with E-state index in [4.69, 9.17) is 18.9 Å². The predicted octanol–water partition coefficient (Wildman–Crippen LogP) is 13.2. The maximum absolute atomic E-state index is 11.8. The quantitative estimate of drug-likeness (QED) is 0.235. The van der Waals surface area contributed by atoms with Crippen molar-refractivity contribution in [3.05, 3.63) is 80.9 Å². The second-order valence-corrected chi connectivity index (χ2v) is 23.2. The highest BCUT2D eigenvalue weighted by Gasteiger charge is 2.40. The van der Waals surface area contributed by atoms with Crippen molar-refractivity contribution in [3.63, 3.8) is 0 Å². The van der Waals surface area contributed by atoms with Gasteiger partial charge >= 0.3 is 0 Å². The van der Waals surface area contributed by atoms with Gasteiger partial charge in [-0.3, -0.25) is 0 Å². The van der Waals surface area contributed by atoms with Crippen LogP contribution >= 0.6 is 0 Å². The smallest absolute Gasteiger partial charge is 0.165 e. The number of hydrogen-bond acceptors (Lipinski definition) is 5. The molecule has 0 aliphatic carbocycles. The Bertz CT molecular complexity index is 1830. The zero-order valence-corrected chi connectivity index (χ0v) is 39.9. The molecule has 0 amide bonds. The third-order valence-electron chi connectivity index (χ3n) is 10.6. The second kappa shape index (κ2) is 15.9. The lowest BCUT2D eigenvalue weighted by molar-refractivity contribution is 0.0967. The van der Waals surface area contributed by atoms with Crippen molar-refractivity contribution >= 4 is 0 Å². The number of methoxy groups -OCH3 is 2. The summed E-state index contributed by atoms with van der Waals surface area (Å²) in [5.74, 6) is 2.30. The van der Waals surface area contributed by atoms with Gasteiger partial charge in [-0.2, -0.15) is 0 Å².